The number of carbonyl (C=O) groups is 9. The fourth-order valence-electron chi connectivity index (χ4n) is 21.5. The van der Waals surface area contributed by atoms with Crippen LogP contribution >= 0.6 is 0 Å². The van der Waals surface area contributed by atoms with Crippen LogP contribution in [0.15, 0.2) is 245 Å². The van der Waals surface area contributed by atoms with E-state index >= 15 is 0 Å². The molecule has 3 unspecified atom stereocenters. The Morgan fingerprint density at radius 3 is 0.951 bits per heavy atom. The van der Waals surface area contributed by atoms with Gasteiger partial charge in [0.15, 0.2) is 11.4 Å². The number of nitrogens with zero attached hydrogens (tertiary/aromatic N) is 4. The van der Waals surface area contributed by atoms with E-state index in [4.69, 9.17) is 19.4 Å². The monoisotopic (exact) mass is 1960 g/mol. The number of rotatable bonds is 35. The summed E-state index contributed by atoms with van der Waals surface area (Å²) < 4.78 is 126. The zero-order chi connectivity index (χ0) is 103. The molecule has 10 aromatic rings. The molecule has 0 spiro atoms. The molecule has 0 aliphatic heterocycles. The number of ketones is 4. The third kappa shape index (κ3) is 25.1. The Balaban J connectivity index is 0.000000170. The van der Waals surface area contributed by atoms with Gasteiger partial charge in [-0.15, -0.1) is 0 Å². The van der Waals surface area contributed by atoms with Crippen molar-refractivity contribution < 1.29 is 107 Å². The molecule has 0 amide bonds. The first-order chi connectivity index (χ1) is 68.2. The molecule has 0 heterocycles. The van der Waals surface area contributed by atoms with Crippen LogP contribution < -0.4 is 0 Å². The number of esters is 1. The third-order valence-electron chi connectivity index (χ3n) is 27.5. The number of fused-ring (bicyclic) bond motifs is 12. The lowest BCUT2D eigenvalue weighted by molar-refractivity contribution is -0.142. The summed E-state index contributed by atoms with van der Waals surface area (Å²) in [6.45, 7) is 16.9. The minimum atomic E-state index is -4.30. The number of aryl methyl sites for hydroxylation is 1. The standard InChI is InChI=1S/C30H28F3NO3.C30H34F3NO3.C29H26F3NO3.C27H31NO5/c1-4-15-29(16-17-30(31,32)33)25-12-8-7-11-23(25)24-14-13-21(18-26(24)29)28(36)27(34-37-20(3)35)22-10-6-5-9-19(22)2;1-3-15-29(16-17-30(31,32)33)25-12-8-7-11-23(25)24-14-13-22(19-26(24)29)28(36)27(34-37-20(2)35)18-21-9-5-4-6-10-21;1-3-15-28(16-17-29(30,31)32)24-12-8-7-11-22(24)23-14-13-21(18-25(23)28)27(35)26(33-36-19(2)34)20-9-5-4-6-10-20;1-5-15-27(16-6-2)22-10-8-7-9-20(22)21-12-11-19(17-23(21)27)26(31)24(28-33-18(3)29)13-14-25(30)32-4/h5-14,18H,4,15-17H2,1-3H3;7-8,11-14,19,21H,3-6,9-10,15-18H2,1-2H3;4-14,18H,3,15-17H2,1-2H3;7-12,17H,5-6,13-16H2,1-4H3/b2*34-27+;33-26+;28-24+. The van der Waals surface area contributed by atoms with Gasteiger partial charge in [0.05, 0.1) is 13.5 Å². The number of Topliss-reactive ketones (excluding diaryl/α,β-unsaturated/α-hetero) is 4. The first kappa shape index (κ1) is 108. The van der Waals surface area contributed by atoms with E-state index in [2.05, 4.69) is 57.4 Å². The molecular weight excluding hydrogens is 1840 g/mol. The number of halogens is 9. The van der Waals surface area contributed by atoms with Crippen LogP contribution in [0.1, 0.15) is 319 Å². The van der Waals surface area contributed by atoms with Gasteiger partial charge in [-0.3, -0.25) is 24.0 Å². The molecule has 750 valence electrons. The summed E-state index contributed by atoms with van der Waals surface area (Å²) in [5.74, 6) is -4.41. The molecule has 15 rings (SSSR count). The van der Waals surface area contributed by atoms with E-state index in [9.17, 15) is 82.7 Å². The molecule has 3 atom stereocenters. The van der Waals surface area contributed by atoms with Gasteiger partial charge in [-0.2, -0.15) is 39.5 Å². The van der Waals surface area contributed by atoms with E-state index < -0.39 is 95.4 Å². The number of hydrogen-bond donors (Lipinski definition) is 0. The van der Waals surface area contributed by atoms with Crippen LogP contribution in [-0.2, 0) is 69.7 Å². The van der Waals surface area contributed by atoms with Crippen LogP contribution in [0.2, 0.25) is 0 Å². The van der Waals surface area contributed by atoms with E-state index in [1.165, 1.54) is 52.4 Å². The van der Waals surface area contributed by atoms with Gasteiger partial charge in [0.2, 0.25) is 23.1 Å². The van der Waals surface area contributed by atoms with Crippen molar-refractivity contribution in [3.8, 4) is 44.5 Å². The molecule has 0 N–H and O–H groups in total. The first-order valence-electron chi connectivity index (χ1n) is 48.8. The zero-order valence-corrected chi connectivity index (χ0v) is 82.3. The van der Waals surface area contributed by atoms with Crippen molar-refractivity contribution in [3.05, 3.63) is 308 Å². The van der Waals surface area contributed by atoms with Crippen LogP contribution in [0, 0.1) is 12.8 Å². The molecule has 5 aliphatic carbocycles. The Hall–Kier alpha value is -13.7. The number of carbonyl (C=O) groups excluding carboxylic acids is 9. The van der Waals surface area contributed by atoms with Crippen molar-refractivity contribution in [2.45, 2.75) is 264 Å². The van der Waals surface area contributed by atoms with Crippen molar-refractivity contribution >= 4 is 75.8 Å². The van der Waals surface area contributed by atoms with Crippen LogP contribution in [0.25, 0.3) is 44.5 Å². The van der Waals surface area contributed by atoms with Crippen molar-refractivity contribution in [1.29, 1.82) is 0 Å². The van der Waals surface area contributed by atoms with Gasteiger partial charge in [0.1, 0.15) is 11.4 Å². The maximum absolute atomic E-state index is 13.8. The number of methoxy groups -OCH3 is 1. The largest absolute Gasteiger partial charge is 0.469 e. The molecule has 10 aromatic carbocycles. The minimum absolute atomic E-state index is 0.0163. The third-order valence-corrected chi connectivity index (χ3v) is 27.5. The van der Waals surface area contributed by atoms with Crippen LogP contribution in [0.5, 0.6) is 0 Å². The maximum atomic E-state index is 13.8. The Labute approximate surface area is 827 Å². The summed E-state index contributed by atoms with van der Waals surface area (Å²) in [6.07, 6.45) is -2.60. The Bertz CT molecular complexity index is 6500. The molecule has 18 nitrogen and oxygen atoms in total. The van der Waals surface area contributed by atoms with E-state index in [0.717, 1.165) is 124 Å². The fraction of sp³-hybridized carbons (Fsp3) is 0.371. The normalized spacial score (nSPS) is 16.9. The Morgan fingerprint density at radius 1 is 0.315 bits per heavy atom. The average molecular weight is 1960 g/mol. The van der Waals surface area contributed by atoms with Gasteiger partial charge in [0.25, 0.3) is 0 Å². The lowest BCUT2D eigenvalue weighted by Gasteiger charge is -2.33. The summed E-state index contributed by atoms with van der Waals surface area (Å²) >= 11 is 0. The second-order valence-electron chi connectivity index (χ2n) is 37.2. The van der Waals surface area contributed by atoms with Crippen molar-refractivity contribution in [1.82, 2.24) is 0 Å². The van der Waals surface area contributed by atoms with Gasteiger partial charge in [-0.05, 0) is 189 Å². The summed E-state index contributed by atoms with van der Waals surface area (Å²) in [4.78, 5) is 131. The molecule has 1 fully saturated rings. The van der Waals surface area contributed by atoms with Gasteiger partial charge in [0, 0.05) is 108 Å². The minimum Gasteiger partial charge on any atom is -0.469 e. The smallest absolute Gasteiger partial charge is 0.389 e. The van der Waals surface area contributed by atoms with Gasteiger partial charge in [-0.1, -0.05) is 320 Å². The fourth-order valence-corrected chi connectivity index (χ4v) is 21.5. The summed E-state index contributed by atoms with van der Waals surface area (Å²) in [5, 5.41) is 15.4. The van der Waals surface area contributed by atoms with Crippen LogP contribution in [-0.4, -0.2) is 101 Å². The van der Waals surface area contributed by atoms with E-state index in [-0.39, 0.29) is 89.0 Å². The molecule has 0 saturated heterocycles. The number of hydrogen-bond acceptors (Lipinski definition) is 18. The zero-order valence-electron chi connectivity index (χ0n) is 82.3. The van der Waals surface area contributed by atoms with E-state index in [1.807, 2.05) is 137 Å². The van der Waals surface area contributed by atoms with Crippen molar-refractivity contribution in [3.63, 3.8) is 0 Å². The first-order valence-corrected chi connectivity index (χ1v) is 48.8. The highest BCUT2D eigenvalue weighted by atomic mass is 19.4. The van der Waals surface area contributed by atoms with Gasteiger partial charge >= 0.3 is 48.4 Å². The molecule has 0 aromatic heterocycles. The summed E-state index contributed by atoms with van der Waals surface area (Å²) in [6, 6.07) is 68.2. The second kappa shape index (κ2) is 47.4. The Kier molecular flexibility index (Phi) is 35.9. The van der Waals surface area contributed by atoms with E-state index in [0.29, 0.717) is 78.3 Å². The van der Waals surface area contributed by atoms with Crippen molar-refractivity contribution in [2.24, 2.45) is 26.5 Å². The molecule has 0 radical (unpaired) electrons. The molecular formula is C116H119F9N4O14. The quantitative estimate of drug-likeness (QED) is 0.00895. The van der Waals surface area contributed by atoms with Crippen molar-refractivity contribution in [2.75, 3.05) is 7.11 Å². The molecule has 1 saturated carbocycles. The number of alkyl halides is 9. The topological polar surface area (TPSA) is 249 Å². The number of ether oxygens (including phenoxy) is 1. The predicted octanol–water partition coefficient (Wildman–Crippen LogP) is 28.6. The Morgan fingerprint density at radius 2 is 0.608 bits per heavy atom. The average Bonchev–Trinajstić information content (AvgIpc) is 1.58. The molecule has 143 heavy (non-hydrogen) atoms. The second-order valence-corrected chi connectivity index (χ2v) is 37.2. The van der Waals surface area contributed by atoms with Gasteiger partial charge in [-0.25, -0.2) is 19.2 Å². The SMILES string of the molecule is CCCC1(CCC(F)(F)F)c2ccccc2-c2ccc(C(=O)/C(=N/OC(C)=O)c3ccccc3)cc21.CCCC1(CCC(F)(F)F)c2ccccc2-c2ccc(C(=O)/C(=N/OC(C)=O)c3ccccc3C)cc21.CCCC1(CCC(F)(F)F)c2ccccc2-c2ccc(C(=O)/C(CC3CCCCC3)=N/OC(C)=O)cc21.CCCC1(CCC)c2ccccc2-c2ccc(C(=O)/C(CCC(=O)OC)=N/OC(C)=O)cc21. The summed E-state index contributed by atoms with van der Waals surface area (Å²) in [7, 11) is 1.28. The molecule has 0 bridgehead atoms. The lowest BCUT2D eigenvalue weighted by Crippen LogP contribution is -2.28. The highest BCUT2D eigenvalue weighted by molar-refractivity contribution is 6.52. The summed E-state index contributed by atoms with van der Waals surface area (Å²) in [5.41, 5.74) is 15.3. The highest BCUT2D eigenvalue weighted by Crippen LogP contribution is 2.60. The molecule has 27 heteroatoms. The van der Waals surface area contributed by atoms with Crippen LogP contribution in [0.4, 0.5) is 39.5 Å². The maximum Gasteiger partial charge on any atom is 0.389 e. The molecule has 5 aliphatic rings. The highest BCUT2D eigenvalue weighted by Gasteiger charge is 2.50. The van der Waals surface area contributed by atoms with Gasteiger partial charge < -0.3 is 24.1 Å². The number of benzene rings is 10. The van der Waals surface area contributed by atoms with E-state index in [1.54, 1.807) is 97.1 Å². The predicted molar refractivity (Wildman–Crippen MR) is 533 cm³/mol. The van der Waals surface area contributed by atoms with Crippen LogP contribution in [0.3, 0.4) is 0 Å². The lowest BCUT2D eigenvalue weighted by atomic mass is 9.71. The number of oxime groups is 4.